The number of aromatic nitrogens is 1. The molecule has 2 N–H and O–H groups in total. The van der Waals surface area contributed by atoms with Gasteiger partial charge in [-0.1, -0.05) is 6.92 Å². The highest BCUT2D eigenvalue weighted by atomic mass is 16.3. The Labute approximate surface area is 120 Å². The largest absolute Gasteiger partial charge is 0.393 e. The van der Waals surface area contributed by atoms with Crippen molar-refractivity contribution in [3.8, 4) is 0 Å². The van der Waals surface area contributed by atoms with Gasteiger partial charge in [0.25, 0.3) is 5.91 Å². The van der Waals surface area contributed by atoms with E-state index in [0.29, 0.717) is 18.0 Å². The highest BCUT2D eigenvalue weighted by Crippen LogP contribution is 2.28. The Balaban J connectivity index is 2.00. The summed E-state index contributed by atoms with van der Waals surface area (Å²) in [4.78, 5) is 18.3. The molecule has 20 heavy (non-hydrogen) atoms. The third kappa shape index (κ3) is 3.48. The summed E-state index contributed by atoms with van der Waals surface area (Å²) in [5, 5.41) is 12.5. The Kier molecular flexibility index (Phi) is 4.95. The van der Waals surface area contributed by atoms with Gasteiger partial charge < -0.3 is 15.3 Å². The molecule has 2 rings (SSSR count). The average molecular weight is 277 g/mol. The molecule has 5 heteroatoms. The molecule has 110 valence electrons. The fraction of sp³-hybridized carbons (Fsp3) is 0.600. The first-order valence-corrected chi connectivity index (χ1v) is 7.23. The Morgan fingerprint density at radius 1 is 1.55 bits per heavy atom. The molecule has 1 aliphatic rings. The van der Waals surface area contributed by atoms with Crippen molar-refractivity contribution >= 4 is 11.6 Å². The van der Waals surface area contributed by atoms with Crippen molar-refractivity contribution in [2.24, 2.45) is 5.92 Å². The maximum Gasteiger partial charge on any atom is 0.255 e. The predicted octanol–water partition coefficient (Wildman–Crippen LogP) is 1.75. The van der Waals surface area contributed by atoms with Gasteiger partial charge in [-0.15, -0.1) is 0 Å². The van der Waals surface area contributed by atoms with Crippen LogP contribution in [0.4, 0.5) is 5.69 Å². The molecule has 1 saturated carbocycles. The second kappa shape index (κ2) is 6.70. The van der Waals surface area contributed by atoms with Crippen molar-refractivity contribution in [1.29, 1.82) is 0 Å². The first-order chi connectivity index (χ1) is 9.61. The first-order valence-electron chi connectivity index (χ1n) is 7.23. The van der Waals surface area contributed by atoms with Gasteiger partial charge in [0.15, 0.2) is 0 Å². The van der Waals surface area contributed by atoms with E-state index < -0.39 is 0 Å². The Morgan fingerprint density at radius 3 is 2.95 bits per heavy atom. The molecule has 0 aliphatic heterocycles. The summed E-state index contributed by atoms with van der Waals surface area (Å²) in [6, 6.07) is 1.76. The van der Waals surface area contributed by atoms with E-state index in [1.807, 2.05) is 7.05 Å². The molecule has 1 fully saturated rings. The van der Waals surface area contributed by atoms with E-state index >= 15 is 0 Å². The maximum atomic E-state index is 12.5. The second-order valence-corrected chi connectivity index (χ2v) is 5.52. The van der Waals surface area contributed by atoms with Crippen LogP contribution in [-0.2, 0) is 0 Å². The molecule has 0 atom stereocenters. The van der Waals surface area contributed by atoms with Crippen molar-refractivity contribution in [3.63, 3.8) is 0 Å². The number of pyridine rings is 1. The summed E-state index contributed by atoms with van der Waals surface area (Å²) < 4.78 is 0. The Hall–Kier alpha value is -1.62. The molecule has 0 aromatic carbocycles. The number of rotatable bonds is 6. The number of nitrogens with one attached hydrogen (secondary N) is 1. The predicted molar refractivity (Wildman–Crippen MR) is 78.7 cm³/mol. The van der Waals surface area contributed by atoms with Gasteiger partial charge in [0.05, 0.1) is 23.6 Å². The number of amides is 1. The Bertz CT molecular complexity index is 458. The summed E-state index contributed by atoms with van der Waals surface area (Å²) in [5.41, 5.74) is 1.45. The van der Waals surface area contributed by atoms with E-state index in [1.54, 1.807) is 23.4 Å². The lowest BCUT2D eigenvalue weighted by molar-refractivity contribution is 0.0265. The molecule has 0 unspecified atom stereocenters. The molecule has 1 aromatic heterocycles. The van der Waals surface area contributed by atoms with E-state index in [4.69, 9.17) is 0 Å². The minimum Gasteiger partial charge on any atom is -0.393 e. The highest BCUT2D eigenvalue weighted by molar-refractivity contribution is 5.99. The van der Waals surface area contributed by atoms with Crippen molar-refractivity contribution in [3.05, 3.63) is 24.0 Å². The zero-order valence-corrected chi connectivity index (χ0v) is 12.2. The van der Waals surface area contributed by atoms with E-state index in [0.717, 1.165) is 31.5 Å². The molecule has 5 nitrogen and oxygen atoms in total. The summed E-state index contributed by atoms with van der Waals surface area (Å²) >= 11 is 0. The van der Waals surface area contributed by atoms with Gasteiger partial charge in [0, 0.05) is 26.3 Å². The quantitative estimate of drug-likeness (QED) is 0.831. The van der Waals surface area contributed by atoms with Gasteiger partial charge in [-0.25, -0.2) is 0 Å². The van der Waals surface area contributed by atoms with Crippen LogP contribution < -0.4 is 5.32 Å². The van der Waals surface area contributed by atoms with Crippen LogP contribution in [0.3, 0.4) is 0 Å². The second-order valence-electron chi connectivity index (χ2n) is 5.52. The molecule has 1 aromatic rings. The van der Waals surface area contributed by atoms with Crippen LogP contribution in [0.2, 0.25) is 0 Å². The van der Waals surface area contributed by atoms with Crippen LogP contribution in [0.1, 0.15) is 36.5 Å². The first kappa shape index (κ1) is 14.8. The lowest BCUT2D eigenvalue weighted by atomic mass is 9.82. The molecular weight excluding hydrogens is 254 g/mol. The zero-order valence-electron chi connectivity index (χ0n) is 12.2. The number of hydrogen-bond acceptors (Lipinski definition) is 4. The van der Waals surface area contributed by atoms with Crippen LogP contribution >= 0.6 is 0 Å². The fourth-order valence-electron chi connectivity index (χ4n) is 2.51. The van der Waals surface area contributed by atoms with E-state index in [-0.39, 0.29) is 12.0 Å². The number of hydrogen-bond donors (Lipinski definition) is 2. The molecule has 1 heterocycles. The number of aliphatic hydroxyl groups is 1. The van der Waals surface area contributed by atoms with Gasteiger partial charge in [-0.3, -0.25) is 9.78 Å². The lowest BCUT2D eigenvalue weighted by Crippen LogP contribution is -2.39. The van der Waals surface area contributed by atoms with Crippen LogP contribution in [0, 0.1) is 5.92 Å². The minimum atomic E-state index is -0.175. The molecule has 0 saturated heterocycles. The number of nitrogens with zero attached hydrogens (tertiary/aromatic N) is 2. The smallest absolute Gasteiger partial charge is 0.255 e. The number of carbonyl (C=O) groups is 1. The standard InChI is InChI=1S/C15H23N3O2/c1-3-5-17-14-9-16-6-4-13(14)15(20)18(2)10-11-7-12(19)8-11/h4,6,9,11-12,17,19H,3,5,7-8,10H2,1-2H3. The van der Waals surface area contributed by atoms with Crippen LogP contribution in [0.5, 0.6) is 0 Å². The monoisotopic (exact) mass is 277 g/mol. The van der Waals surface area contributed by atoms with Gasteiger partial charge in [-0.05, 0) is 31.2 Å². The van der Waals surface area contributed by atoms with E-state index in [2.05, 4.69) is 17.2 Å². The molecule has 0 spiro atoms. The minimum absolute atomic E-state index is 0.00685. The summed E-state index contributed by atoms with van der Waals surface area (Å²) in [6.45, 7) is 3.61. The van der Waals surface area contributed by atoms with Crippen LogP contribution in [-0.4, -0.2) is 47.1 Å². The van der Waals surface area contributed by atoms with E-state index in [1.165, 1.54) is 0 Å². The normalized spacial score (nSPS) is 21.1. The fourth-order valence-corrected chi connectivity index (χ4v) is 2.51. The number of anilines is 1. The third-order valence-electron chi connectivity index (χ3n) is 3.71. The van der Waals surface area contributed by atoms with Crippen molar-refractivity contribution in [2.45, 2.75) is 32.3 Å². The molecule has 1 aliphatic carbocycles. The Morgan fingerprint density at radius 2 is 2.30 bits per heavy atom. The highest BCUT2D eigenvalue weighted by Gasteiger charge is 2.29. The zero-order chi connectivity index (χ0) is 14.5. The summed E-state index contributed by atoms with van der Waals surface area (Å²) in [5.74, 6) is 0.431. The third-order valence-corrected chi connectivity index (χ3v) is 3.71. The van der Waals surface area contributed by atoms with Gasteiger partial charge >= 0.3 is 0 Å². The molecule has 0 bridgehead atoms. The lowest BCUT2D eigenvalue weighted by Gasteiger charge is -2.34. The molecule has 0 radical (unpaired) electrons. The topological polar surface area (TPSA) is 65.5 Å². The summed E-state index contributed by atoms with van der Waals surface area (Å²) in [6.07, 6.45) is 5.77. The van der Waals surface area contributed by atoms with Crippen LogP contribution in [0.25, 0.3) is 0 Å². The number of aliphatic hydroxyl groups excluding tert-OH is 1. The van der Waals surface area contributed by atoms with Crippen molar-refractivity contribution < 1.29 is 9.90 Å². The average Bonchev–Trinajstić information content (AvgIpc) is 2.43. The SMILES string of the molecule is CCCNc1cnccc1C(=O)N(C)CC1CC(O)C1. The number of carbonyl (C=O) groups excluding carboxylic acids is 1. The maximum absolute atomic E-state index is 12.5. The van der Waals surface area contributed by atoms with Crippen molar-refractivity contribution in [1.82, 2.24) is 9.88 Å². The van der Waals surface area contributed by atoms with Gasteiger partial charge in [0.1, 0.15) is 0 Å². The molecular formula is C15H23N3O2. The van der Waals surface area contributed by atoms with E-state index in [9.17, 15) is 9.90 Å². The van der Waals surface area contributed by atoms with Gasteiger partial charge in [0.2, 0.25) is 0 Å². The molecule has 1 amide bonds. The van der Waals surface area contributed by atoms with Gasteiger partial charge in [-0.2, -0.15) is 0 Å². The summed E-state index contributed by atoms with van der Waals surface area (Å²) in [7, 11) is 1.82. The van der Waals surface area contributed by atoms with Crippen LogP contribution in [0.15, 0.2) is 18.5 Å². The van der Waals surface area contributed by atoms with Crippen molar-refractivity contribution in [2.75, 3.05) is 25.5 Å².